The average Bonchev–Trinajstić information content (AvgIpc) is 2.42. The van der Waals surface area contributed by atoms with Crippen molar-refractivity contribution in [3.05, 3.63) is 59.4 Å². The Morgan fingerprint density at radius 3 is 2.25 bits per heavy atom. The van der Waals surface area contributed by atoms with Crippen molar-refractivity contribution >= 4 is 17.7 Å². The van der Waals surface area contributed by atoms with Crippen LogP contribution in [0.1, 0.15) is 17.3 Å². The lowest BCUT2D eigenvalue weighted by Gasteiger charge is -2.24. The fraction of sp³-hybridized carbons (Fsp3) is 0.133. The van der Waals surface area contributed by atoms with Gasteiger partial charge < -0.3 is 4.90 Å². The van der Waals surface area contributed by atoms with E-state index >= 15 is 0 Å². The Morgan fingerprint density at radius 1 is 1.10 bits per heavy atom. The van der Waals surface area contributed by atoms with Crippen molar-refractivity contribution in [3.8, 4) is 0 Å². The summed E-state index contributed by atoms with van der Waals surface area (Å²) in [5, 5.41) is 0. The summed E-state index contributed by atoms with van der Waals surface area (Å²) in [5.74, 6) is -2.22. The molecule has 0 unspecified atom stereocenters. The zero-order chi connectivity index (χ0) is 14.7. The lowest BCUT2D eigenvalue weighted by atomic mass is 10.1. The van der Waals surface area contributed by atoms with Gasteiger partial charge in [0.05, 0.1) is 0 Å². The summed E-state index contributed by atoms with van der Waals surface area (Å²) in [6, 6.07) is 7.36. The van der Waals surface area contributed by atoms with Crippen molar-refractivity contribution < 1.29 is 18.0 Å². The van der Waals surface area contributed by atoms with Crippen LogP contribution in [0, 0.1) is 17.5 Å². The maximum atomic E-state index is 14.0. The van der Waals surface area contributed by atoms with Crippen molar-refractivity contribution in [1.82, 2.24) is 0 Å². The normalized spacial score (nSPS) is 10.4. The van der Waals surface area contributed by atoms with Crippen LogP contribution in [0.15, 0.2) is 36.4 Å². The SMILES string of the molecule is CCN(c1cccc(F)c1)c1c(F)cc(C=O)cc1F. The van der Waals surface area contributed by atoms with Gasteiger partial charge in [-0.05, 0) is 37.3 Å². The van der Waals surface area contributed by atoms with Crippen molar-refractivity contribution in [3.63, 3.8) is 0 Å². The molecule has 0 saturated carbocycles. The van der Waals surface area contributed by atoms with Crippen LogP contribution in [-0.2, 0) is 0 Å². The monoisotopic (exact) mass is 279 g/mol. The van der Waals surface area contributed by atoms with Crippen LogP contribution in [0.25, 0.3) is 0 Å². The predicted octanol–water partition coefficient (Wildman–Crippen LogP) is 4.07. The van der Waals surface area contributed by atoms with Crippen LogP contribution in [0.2, 0.25) is 0 Å². The summed E-state index contributed by atoms with van der Waals surface area (Å²) in [6.45, 7) is 1.94. The largest absolute Gasteiger partial charge is 0.337 e. The van der Waals surface area contributed by atoms with Crippen LogP contribution in [0.3, 0.4) is 0 Å². The number of rotatable bonds is 4. The quantitative estimate of drug-likeness (QED) is 0.786. The number of hydrogen-bond acceptors (Lipinski definition) is 2. The van der Waals surface area contributed by atoms with E-state index in [-0.39, 0.29) is 17.8 Å². The number of anilines is 2. The zero-order valence-corrected chi connectivity index (χ0v) is 10.7. The van der Waals surface area contributed by atoms with Crippen molar-refractivity contribution in [1.29, 1.82) is 0 Å². The zero-order valence-electron chi connectivity index (χ0n) is 10.7. The van der Waals surface area contributed by atoms with Gasteiger partial charge >= 0.3 is 0 Å². The molecular formula is C15H12F3NO. The maximum Gasteiger partial charge on any atom is 0.150 e. The first-order valence-corrected chi connectivity index (χ1v) is 6.04. The van der Waals surface area contributed by atoms with Gasteiger partial charge in [-0.1, -0.05) is 6.07 Å². The van der Waals surface area contributed by atoms with E-state index < -0.39 is 17.5 Å². The summed E-state index contributed by atoms with van der Waals surface area (Å²) in [5.41, 5.74) is -0.0492. The summed E-state index contributed by atoms with van der Waals surface area (Å²) in [7, 11) is 0. The van der Waals surface area contributed by atoms with Gasteiger partial charge in [0.2, 0.25) is 0 Å². The van der Waals surface area contributed by atoms with Crippen molar-refractivity contribution in [2.24, 2.45) is 0 Å². The first kappa shape index (κ1) is 14.1. The molecule has 0 aliphatic heterocycles. The van der Waals surface area contributed by atoms with Crippen LogP contribution in [0.4, 0.5) is 24.5 Å². The Hall–Kier alpha value is -2.30. The van der Waals surface area contributed by atoms with E-state index in [2.05, 4.69) is 0 Å². The topological polar surface area (TPSA) is 20.3 Å². The van der Waals surface area contributed by atoms with Crippen LogP contribution in [-0.4, -0.2) is 12.8 Å². The second-order valence-corrected chi connectivity index (χ2v) is 4.18. The number of benzene rings is 2. The van der Waals surface area contributed by atoms with E-state index in [1.54, 1.807) is 13.0 Å². The molecule has 20 heavy (non-hydrogen) atoms. The average molecular weight is 279 g/mol. The molecule has 104 valence electrons. The molecule has 0 radical (unpaired) electrons. The van der Waals surface area contributed by atoms with E-state index in [0.717, 1.165) is 12.1 Å². The Balaban J connectivity index is 2.55. The van der Waals surface area contributed by atoms with Gasteiger partial charge in [-0.25, -0.2) is 13.2 Å². The van der Waals surface area contributed by atoms with Gasteiger partial charge in [0.1, 0.15) is 17.8 Å². The van der Waals surface area contributed by atoms with Gasteiger partial charge in [-0.15, -0.1) is 0 Å². The van der Waals surface area contributed by atoms with Gasteiger partial charge in [-0.3, -0.25) is 4.79 Å². The van der Waals surface area contributed by atoms with E-state index in [4.69, 9.17) is 0 Å². The van der Waals surface area contributed by atoms with Gasteiger partial charge in [0.25, 0.3) is 0 Å². The Labute approximate surface area is 114 Å². The van der Waals surface area contributed by atoms with E-state index in [1.807, 2.05) is 0 Å². The molecule has 0 fully saturated rings. The number of nitrogens with zero attached hydrogens (tertiary/aromatic N) is 1. The summed E-state index contributed by atoms with van der Waals surface area (Å²) < 4.78 is 41.2. The molecule has 2 nitrogen and oxygen atoms in total. The number of halogens is 3. The summed E-state index contributed by atoms with van der Waals surface area (Å²) >= 11 is 0. The first-order chi connectivity index (χ1) is 9.56. The Bertz CT molecular complexity index is 620. The lowest BCUT2D eigenvalue weighted by Crippen LogP contribution is -2.19. The second kappa shape index (κ2) is 5.77. The molecule has 0 saturated heterocycles. The standard InChI is InChI=1S/C15H12F3NO/c1-2-19(12-5-3-4-11(16)8-12)15-13(17)6-10(9-20)7-14(15)18/h3-9H,2H2,1H3. The second-order valence-electron chi connectivity index (χ2n) is 4.18. The van der Waals surface area contributed by atoms with Gasteiger partial charge in [0, 0.05) is 17.8 Å². The molecular weight excluding hydrogens is 267 g/mol. The molecule has 5 heteroatoms. The number of hydrogen-bond donors (Lipinski definition) is 0. The highest BCUT2D eigenvalue weighted by Gasteiger charge is 2.18. The summed E-state index contributed by atoms with van der Waals surface area (Å²) in [4.78, 5) is 11.9. The molecule has 2 aromatic rings. The molecule has 2 aromatic carbocycles. The molecule has 2 rings (SSSR count). The Morgan fingerprint density at radius 2 is 1.75 bits per heavy atom. The highest BCUT2D eigenvalue weighted by Crippen LogP contribution is 2.31. The predicted molar refractivity (Wildman–Crippen MR) is 70.8 cm³/mol. The number of carbonyl (C=O) groups is 1. The minimum absolute atomic E-state index is 0.0842. The molecule has 0 amide bonds. The van der Waals surface area contributed by atoms with Crippen LogP contribution in [0.5, 0.6) is 0 Å². The molecule has 0 spiro atoms. The molecule has 0 aliphatic carbocycles. The lowest BCUT2D eigenvalue weighted by molar-refractivity contribution is 0.112. The fourth-order valence-electron chi connectivity index (χ4n) is 2.02. The van der Waals surface area contributed by atoms with Gasteiger partial charge in [-0.2, -0.15) is 0 Å². The fourth-order valence-corrected chi connectivity index (χ4v) is 2.02. The third-order valence-corrected chi connectivity index (χ3v) is 2.88. The minimum Gasteiger partial charge on any atom is -0.337 e. The molecule has 0 N–H and O–H groups in total. The molecule has 0 bridgehead atoms. The van der Waals surface area contributed by atoms with Crippen LogP contribution < -0.4 is 4.90 Å². The molecule has 0 aromatic heterocycles. The minimum atomic E-state index is -0.863. The molecule has 0 heterocycles. The molecule has 0 aliphatic rings. The third-order valence-electron chi connectivity index (χ3n) is 2.88. The van der Waals surface area contributed by atoms with E-state index in [9.17, 15) is 18.0 Å². The number of aldehydes is 1. The maximum absolute atomic E-state index is 14.0. The van der Waals surface area contributed by atoms with E-state index in [0.29, 0.717) is 12.0 Å². The Kier molecular flexibility index (Phi) is 4.08. The summed E-state index contributed by atoms with van der Waals surface area (Å²) in [6.07, 6.45) is 0.369. The number of carbonyl (C=O) groups excluding carboxylic acids is 1. The third kappa shape index (κ3) is 2.66. The van der Waals surface area contributed by atoms with Crippen molar-refractivity contribution in [2.45, 2.75) is 6.92 Å². The van der Waals surface area contributed by atoms with E-state index in [1.165, 1.54) is 23.1 Å². The van der Waals surface area contributed by atoms with Crippen molar-refractivity contribution in [2.75, 3.05) is 11.4 Å². The first-order valence-electron chi connectivity index (χ1n) is 6.04. The highest BCUT2D eigenvalue weighted by atomic mass is 19.1. The van der Waals surface area contributed by atoms with Gasteiger partial charge in [0.15, 0.2) is 11.6 Å². The molecule has 0 atom stereocenters. The smallest absolute Gasteiger partial charge is 0.150 e. The highest BCUT2D eigenvalue weighted by molar-refractivity contribution is 5.77. The van der Waals surface area contributed by atoms with Crippen LogP contribution >= 0.6 is 0 Å².